The average molecular weight is 345 g/mol. The van der Waals surface area contributed by atoms with Gasteiger partial charge in [-0.05, 0) is 22.6 Å². The van der Waals surface area contributed by atoms with E-state index in [-0.39, 0.29) is 17.3 Å². The number of rotatable bonds is 3. The molecule has 1 aromatic heterocycles. The summed E-state index contributed by atoms with van der Waals surface area (Å²) in [7, 11) is 0. The van der Waals surface area contributed by atoms with Gasteiger partial charge in [0.05, 0.1) is 18.4 Å². The van der Waals surface area contributed by atoms with Crippen molar-refractivity contribution in [1.29, 1.82) is 0 Å². The Bertz CT molecular complexity index is 778. The topological polar surface area (TPSA) is 112 Å². The second kappa shape index (κ2) is 6.23. The molecule has 0 unspecified atom stereocenters. The number of ether oxygens (including phenoxy) is 2. The van der Waals surface area contributed by atoms with E-state index in [1.165, 1.54) is 0 Å². The van der Waals surface area contributed by atoms with Crippen LogP contribution in [0.5, 0.6) is 0 Å². The maximum atomic E-state index is 5.88. The summed E-state index contributed by atoms with van der Waals surface area (Å²) in [6.07, 6.45) is -0.0370. The molecular weight excluding hydrogens is 330 g/mol. The van der Waals surface area contributed by atoms with Crippen LogP contribution < -0.4 is 11.2 Å². The van der Waals surface area contributed by atoms with E-state index in [0.29, 0.717) is 24.6 Å². The van der Waals surface area contributed by atoms with Crippen LogP contribution in [0, 0.1) is 0 Å². The number of tetrazole rings is 1. The van der Waals surface area contributed by atoms with Gasteiger partial charge in [-0.1, -0.05) is 30.3 Å². The molecule has 24 heavy (non-hydrogen) atoms. The standard InChI is InChI=1S/C14H15N7O2S/c15-14(24)18-16-9-6-10(11-7-22-13(9)23-11)21-12(17-19-20-21)8-4-2-1-3-5-8/h1-5,10-11,13H,6-7H2,(H3,15,18,24)/b16-9-/t10-,11-,13-/m0/s1. The number of benzene rings is 1. The van der Waals surface area contributed by atoms with Crippen molar-refractivity contribution in [2.24, 2.45) is 10.8 Å². The van der Waals surface area contributed by atoms with Crippen molar-refractivity contribution in [1.82, 2.24) is 25.6 Å². The molecule has 2 saturated heterocycles. The molecule has 2 bridgehead atoms. The van der Waals surface area contributed by atoms with Crippen LogP contribution >= 0.6 is 12.2 Å². The Morgan fingerprint density at radius 2 is 2.21 bits per heavy atom. The lowest BCUT2D eigenvalue weighted by molar-refractivity contribution is -0.0320. The first-order chi connectivity index (χ1) is 11.7. The fraction of sp³-hybridized carbons (Fsp3) is 0.357. The molecule has 9 nitrogen and oxygen atoms in total. The lowest BCUT2D eigenvalue weighted by atomic mass is 10.0. The smallest absolute Gasteiger partial charge is 0.199 e. The zero-order chi connectivity index (χ0) is 16.5. The molecule has 2 aliphatic heterocycles. The highest BCUT2D eigenvalue weighted by atomic mass is 32.1. The minimum atomic E-state index is -0.482. The molecule has 2 aromatic rings. The Kier molecular flexibility index (Phi) is 3.92. The minimum absolute atomic E-state index is 0.0894. The molecule has 2 aliphatic rings. The van der Waals surface area contributed by atoms with Crippen LogP contribution in [0.15, 0.2) is 35.4 Å². The predicted octanol–water partition coefficient (Wildman–Crippen LogP) is 0.216. The lowest BCUT2D eigenvalue weighted by Crippen LogP contribution is -2.39. The van der Waals surface area contributed by atoms with Crippen LogP contribution in [-0.4, -0.2) is 50.0 Å². The number of hydrogen-bond acceptors (Lipinski definition) is 7. The number of nitrogens with zero attached hydrogens (tertiary/aromatic N) is 5. The van der Waals surface area contributed by atoms with Gasteiger partial charge in [0, 0.05) is 12.0 Å². The van der Waals surface area contributed by atoms with Crippen LogP contribution in [0.1, 0.15) is 12.5 Å². The van der Waals surface area contributed by atoms with Crippen LogP contribution in [0.2, 0.25) is 0 Å². The number of nitrogens with one attached hydrogen (secondary N) is 1. The number of hydrogen-bond donors (Lipinski definition) is 2. The molecule has 3 atom stereocenters. The molecular formula is C14H15N7O2S. The first-order valence-corrected chi connectivity index (χ1v) is 7.85. The van der Waals surface area contributed by atoms with Gasteiger partial charge in [0.1, 0.15) is 6.10 Å². The van der Waals surface area contributed by atoms with Crippen molar-refractivity contribution in [3.05, 3.63) is 30.3 Å². The molecule has 4 rings (SSSR count). The quantitative estimate of drug-likeness (QED) is 0.600. The predicted molar refractivity (Wildman–Crippen MR) is 88.9 cm³/mol. The molecule has 10 heteroatoms. The van der Waals surface area contributed by atoms with Crippen LogP contribution in [0.4, 0.5) is 0 Å². The van der Waals surface area contributed by atoms with E-state index in [2.05, 4.69) is 26.1 Å². The second-order valence-corrected chi connectivity index (χ2v) is 5.94. The van der Waals surface area contributed by atoms with E-state index in [1.807, 2.05) is 30.3 Å². The third kappa shape index (κ3) is 2.75. The monoisotopic (exact) mass is 345 g/mol. The first kappa shape index (κ1) is 15.1. The zero-order valence-corrected chi connectivity index (χ0v) is 13.4. The highest BCUT2D eigenvalue weighted by Gasteiger charge is 2.44. The van der Waals surface area contributed by atoms with E-state index < -0.39 is 6.29 Å². The summed E-state index contributed by atoms with van der Waals surface area (Å²) in [5.41, 5.74) is 9.63. The van der Waals surface area contributed by atoms with Gasteiger partial charge >= 0.3 is 0 Å². The van der Waals surface area contributed by atoms with Crippen molar-refractivity contribution in [3.63, 3.8) is 0 Å². The summed E-state index contributed by atoms with van der Waals surface area (Å²) in [6, 6.07) is 9.63. The van der Waals surface area contributed by atoms with Gasteiger partial charge in [0.15, 0.2) is 17.2 Å². The Balaban J connectivity index is 1.66. The van der Waals surface area contributed by atoms with Crippen molar-refractivity contribution in [3.8, 4) is 11.4 Å². The SMILES string of the molecule is NC(=S)N/N=C1/C[C@H](n2nnnc2-c2ccccc2)[C@@H]2CO[C@H]1O2. The molecule has 1 aromatic carbocycles. The van der Waals surface area contributed by atoms with Gasteiger partial charge in [0.2, 0.25) is 0 Å². The van der Waals surface area contributed by atoms with E-state index in [0.717, 1.165) is 5.56 Å². The fourth-order valence-corrected chi connectivity index (χ4v) is 2.95. The Labute approximate surface area is 142 Å². The maximum Gasteiger partial charge on any atom is 0.199 e. The summed E-state index contributed by atoms with van der Waals surface area (Å²) in [4.78, 5) is 0. The molecule has 0 radical (unpaired) electrons. The van der Waals surface area contributed by atoms with Gasteiger partial charge in [-0.2, -0.15) is 5.10 Å². The molecule has 0 saturated carbocycles. The largest absolute Gasteiger partial charge is 0.375 e. The summed E-state index contributed by atoms with van der Waals surface area (Å²) in [6.45, 7) is 0.454. The third-order valence-electron chi connectivity index (χ3n) is 3.98. The highest BCUT2D eigenvalue weighted by molar-refractivity contribution is 7.80. The normalized spacial score (nSPS) is 27.3. The van der Waals surface area contributed by atoms with E-state index in [4.69, 9.17) is 27.4 Å². The number of hydrazone groups is 1. The van der Waals surface area contributed by atoms with E-state index in [9.17, 15) is 0 Å². The number of aromatic nitrogens is 4. The van der Waals surface area contributed by atoms with Crippen molar-refractivity contribution in [2.75, 3.05) is 6.61 Å². The maximum absolute atomic E-state index is 5.88. The summed E-state index contributed by atoms with van der Waals surface area (Å²) >= 11 is 4.78. The van der Waals surface area contributed by atoms with Crippen molar-refractivity contribution < 1.29 is 9.47 Å². The molecule has 3 N–H and O–H groups in total. The van der Waals surface area contributed by atoms with Gasteiger partial charge in [-0.15, -0.1) is 5.10 Å². The zero-order valence-electron chi connectivity index (χ0n) is 12.6. The number of fused-ring (bicyclic) bond motifs is 2. The van der Waals surface area contributed by atoms with Gasteiger partial charge in [-0.25, -0.2) is 4.68 Å². The average Bonchev–Trinajstić information content (AvgIpc) is 3.23. The molecule has 0 aliphatic carbocycles. The fourth-order valence-electron chi connectivity index (χ4n) is 2.90. The summed E-state index contributed by atoms with van der Waals surface area (Å²) in [5, 5.41) is 16.4. The third-order valence-corrected chi connectivity index (χ3v) is 4.07. The van der Waals surface area contributed by atoms with E-state index in [1.54, 1.807) is 4.68 Å². The van der Waals surface area contributed by atoms with Crippen LogP contribution in [0.25, 0.3) is 11.4 Å². The molecule has 2 fully saturated rings. The summed E-state index contributed by atoms with van der Waals surface area (Å²) < 4.78 is 13.3. The number of thiocarbonyl (C=S) groups is 1. The van der Waals surface area contributed by atoms with Crippen LogP contribution in [0.3, 0.4) is 0 Å². The Hall–Kier alpha value is -2.43. The minimum Gasteiger partial charge on any atom is -0.375 e. The van der Waals surface area contributed by atoms with Crippen LogP contribution in [-0.2, 0) is 9.47 Å². The van der Waals surface area contributed by atoms with Crippen molar-refractivity contribution in [2.45, 2.75) is 24.9 Å². The van der Waals surface area contributed by atoms with Gasteiger partial charge in [0.25, 0.3) is 0 Å². The first-order valence-electron chi connectivity index (χ1n) is 7.44. The molecule has 0 spiro atoms. The summed E-state index contributed by atoms with van der Waals surface area (Å²) in [5.74, 6) is 0.677. The van der Waals surface area contributed by atoms with Gasteiger partial charge < -0.3 is 15.2 Å². The highest BCUT2D eigenvalue weighted by Crippen LogP contribution is 2.34. The van der Waals surface area contributed by atoms with Gasteiger partial charge in [-0.3, -0.25) is 5.43 Å². The Morgan fingerprint density at radius 1 is 1.38 bits per heavy atom. The molecule has 0 amide bonds. The number of nitrogens with two attached hydrogens (primary N) is 1. The molecule has 124 valence electrons. The van der Waals surface area contributed by atoms with Crippen molar-refractivity contribution >= 4 is 23.0 Å². The van der Waals surface area contributed by atoms with E-state index >= 15 is 0 Å². The molecule has 3 heterocycles. The lowest BCUT2D eigenvalue weighted by Gasteiger charge is -2.28. The second-order valence-electron chi connectivity index (χ2n) is 5.50. The Morgan fingerprint density at radius 3 is 3.00 bits per heavy atom.